The summed E-state index contributed by atoms with van der Waals surface area (Å²) in [5.41, 5.74) is 1.49. The van der Waals surface area contributed by atoms with Crippen molar-refractivity contribution in [3.63, 3.8) is 0 Å². The summed E-state index contributed by atoms with van der Waals surface area (Å²) < 4.78 is 1.92. The average molecular weight is 493 g/mol. The smallest absolute Gasteiger partial charge is 0.259 e. The zero-order valence-electron chi connectivity index (χ0n) is 20.6. The Bertz CT molecular complexity index is 1240. The number of carbonyl (C=O) groups is 2. The van der Waals surface area contributed by atoms with E-state index < -0.39 is 11.3 Å². The molecule has 35 heavy (non-hydrogen) atoms. The fourth-order valence-electron chi connectivity index (χ4n) is 4.60. The fourth-order valence-corrected chi connectivity index (χ4v) is 5.46. The second-order valence-electron chi connectivity index (χ2n) is 8.93. The van der Waals surface area contributed by atoms with Crippen molar-refractivity contribution < 1.29 is 9.59 Å². The summed E-state index contributed by atoms with van der Waals surface area (Å²) in [6.07, 6.45) is 7.47. The summed E-state index contributed by atoms with van der Waals surface area (Å²) in [6.45, 7) is 5.07. The molecule has 7 nitrogen and oxygen atoms in total. The summed E-state index contributed by atoms with van der Waals surface area (Å²) in [5, 5.41) is 2.76. The summed E-state index contributed by atoms with van der Waals surface area (Å²) >= 11 is 1.48. The summed E-state index contributed by atoms with van der Waals surface area (Å²) in [7, 11) is 1.67. The van der Waals surface area contributed by atoms with Gasteiger partial charge in [-0.2, -0.15) is 0 Å². The summed E-state index contributed by atoms with van der Waals surface area (Å²) in [6, 6.07) is 10.1. The van der Waals surface area contributed by atoms with Gasteiger partial charge in [0.05, 0.1) is 12.2 Å². The van der Waals surface area contributed by atoms with E-state index in [1.807, 2.05) is 54.1 Å². The van der Waals surface area contributed by atoms with Crippen molar-refractivity contribution in [1.82, 2.24) is 19.4 Å². The number of amides is 2. The highest BCUT2D eigenvalue weighted by Crippen LogP contribution is 2.29. The van der Waals surface area contributed by atoms with Crippen molar-refractivity contribution in [2.75, 3.05) is 20.1 Å². The molecule has 0 N–H and O–H groups in total. The van der Waals surface area contributed by atoms with Crippen molar-refractivity contribution >= 4 is 23.2 Å². The van der Waals surface area contributed by atoms with Gasteiger partial charge in [0.25, 0.3) is 11.8 Å². The summed E-state index contributed by atoms with van der Waals surface area (Å²) in [4.78, 5) is 47.8. The molecule has 0 bridgehead atoms. The van der Waals surface area contributed by atoms with E-state index in [4.69, 9.17) is 0 Å². The van der Waals surface area contributed by atoms with Gasteiger partial charge >= 0.3 is 0 Å². The Morgan fingerprint density at radius 3 is 2.29 bits per heavy atom. The third-order valence-electron chi connectivity index (χ3n) is 6.64. The zero-order valence-corrected chi connectivity index (χ0v) is 21.4. The third kappa shape index (κ3) is 5.37. The molecule has 3 aromatic rings. The lowest BCUT2D eigenvalue weighted by molar-refractivity contribution is 0.0769. The van der Waals surface area contributed by atoms with E-state index in [-0.39, 0.29) is 29.6 Å². The molecular formula is C27H32N4O3S. The first-order chi connectivity index (χ1) is 16.9. The van der Waals surface area contributed by atoms with Crippen molar-refractivity contribution in [3.8, 4) is 11.3 Å². The zero-order chi connectivity index (χ0) is 24.9. The third-order valence-corrected chi connectivity index (χ3v) is 7.48. The number of pyridine rings is 1. The molecule has 2 aromatic heterocycles. The van der Waals surface area contributed by atoms with Gasteiger partial charge in [-0.25, -0.2) is 4.98 Å². The molecule has 2 heterocycles. The van der Waals surface area contributed by atoms with E-state index in [1.165, 1.54) is 16.2 Å². The maximum absolute atomic E-state index is 13.5. The standard InChI is InChI=1S/C27H32N4O3S/c1-4-30(5-2)27(34)22-16-31(20-13-9-10-14-20)15-21(25(22)32)26(33)29(3)17-24-28-23(18-35-24)19-11-7-6-8-12-19/h6-8,11-12,15-16,18,20H,4-5,9-10,13-14,17H2,1-3H3. The molecule has 1 aromatic carbocycles. The van der Waals surface area contributed by atoms with Crippen LogP contribution >= 0.6 is 11.3 Å². The monoisotopic (exact) mass is 492 g/mol. The van der Waals surface area contributed by atoms with Crippen LogP contribution < -0.4 is 5.43 Å². The molecule has 184 valence electrons. The summed E-state index contributed by atoms with van der Waals surface area (Å²) in [5.74, 6) is -0.719. The molecular weight excluding hydrogens is 460 g/mol. The van der Waals surface area contributed by atoms with Crippen LogP contribution in [-0.2, 0) is 6.54 Å². The Balaban J connectivity index is 1.63. The van der Waals surface area contributed by atoms with Crippen LogP contribution in [0.25, 0.3) is 11.3 Å². The van der Waals surface area contributed by atoms with Gasteiger partial charge in [-0.3, -0.25) is 14.4 Å². The van der Waals surface area contributed by atoms with E-state index in [0.29, 0.717) is 13.1 Å². The lowest BCUT2D eigenvalue weighted by atomic mass is 10.1. The molecule has 0 saturated heterocycles. The minimum atomic E-state index is -0.503. The van der Waals surface area contributed by atoms with Gasteiger partial charge in [-0.1, -0.05) is 43.2 Å². The Labute approximate surface area is 210 Å². The highest BCUT2D eigenvalue weighted by atomic mass is 32.1. The van der Waals surface area contributed by atoms with Crippen LogP contribution in [0.1, 0.15) is 71.3 Å². The van der Waals surface area contributed by atoms with E-state index in [0.717, 1.165) is 41.9 Å². The number of nitrogens with zero attached hydrogens (tertiary/aromatic N) is 4. The SMILES string of the molecule is CCN(CC)C(=O)c1cn(C2CCCC2)cc(C(=O)N(C)Cc2nc(-c3ccccc3)cs2)c1=O. The maximum Gasteiger partial charge on any atom is 0.259 e. The van der Waals surface area contributed by atoms with Crippen LogP contribution in [-0.4, -0.2) is 51.3 Å². The second-order valence-corrected chi connectivity index (χ2v) is 9.87. The van der Waals surface area contributed by atoms with Gasteiger partial charge in [-0.15, -0.1) is 11.3 Å². The first kappa shape index (κ1) is 24.9. The number of carbonyl (C=O) groups excluding carboxylic acids is 2. The molecule has 1 saturated carbocycles. The van der Waals surface area contributed by atoms with Crippen molar-refractivity contribution in [3.05, 3.63) is 74.5 Å². The predicted molar refractivity (Wildman–Crippen MR) is 139 cm³/mol. The van der Waals surface area contributed by atoms with Crippen LogP contribution in [0.3, 0.4) is 0 Å². The number of rotatable bonds is 8. The lowest BCUT2D eigenvalue weighted by Gasteiger charge is -2.22. The van der Waals surface area contributed by atoms with Crippen LogP contribution in [0.2, 0.25) is 0 Å². The second kappa shape index (κ2) is 11.0. The van der Waals surface area contributed by atoms with Gasteiger partial charge in [0.2, 0.25) is 5.43 Å². The first-order valence-electron chi connectivity index (χ1n) is 12.2. The normalized spacial score (nSPS) is 13.7. The Morgan fingerprint density at radius 1 is 1.03 bits per heavy atom. The molecule has 1 fully saturated rings. The van der Waals surface area contributed by atoms with Crippen LogP contribution in [0.5, 0.6) is 0 Å². The van der Waals surface area contributed by atoms with E-state index >= 15 is 0 Å². The maximum atomic E-state index is 13.5. The molecule has 0 unspecified atom stereocenters. The van der Waals surface area contributed by atoms with Gasteiger partial charge in [0.15, 0.2) is 0 Å². The largest absolute Gasteiger partial charge is 0.349 e. The molecule has 4 rings (SSSR count). The fraction of sp³-hybridized carbons (Fsp3) is 0.407. The van der Waals surface area contributed by atoms with Crippen molar-refractivity contribution in [1.29, 1.82) is 0 Å². The van der Waals surface area contributed by atoms with E-state index in [1.54, 1.807) is 24.3 Å². The highest BCUT2D eigenvalue weighted by Gasteiger charge is 2.26. The van der Waals surface area contributed by atoms with Gasteiger partial charge in [0, 0.05) is 49.5 Å². The molecule has 1 aliphatic carbocycles. The predicted octanol–water partition coefficient (Wildman–Crippen LogP) is 4.84. The molecule has 0 aliphatic heterocycles. The Hall–Kier alpha value is -3.26. The highest BCUT2D eigenvalue weighted by molar-refractivity contribution is 7.09. The first-order valence-corrected chi connectivity index (χ1v) is 13.1. The molecule has 0 spiro atoms. The van der Waals surface area contributed by atoms with E-state index in [9.17, 15) is 14.4 Å². The van der Waals surface area contributed by atoms with Gasteiger partial charge in [-0.05, 0) is 26.7 Å². The van der Waals surface area contributed by atoms with Crippen LogP contribution in [0, 0.1) is 0 Å². The lowest BCUT2D eigenvalue weighted by Crippen LogP contribution is -2.38. The minimum Gasteiger partial charge on any atom is -0.349 e. The quantitative estimate of drug-likeness (QED) is 0.451. The Kier molecular flexibility index (Phi) is 7.80. The number of hydrogen-bond acceptors (Lipinski definition) is 5. The van der Waals surface area contributed by atoms with Crippen LogP contribution in [0.15, 0.2) is 52.9 Å². The number of hydrogen-bond donors (Lipinski definition) is 0. The number of benzene rings is 1. The molecule has 8 heteroatoms. The minimum absolute atomic E-state index is 0.0391. The molecule has 2 amide bonds. The number of aromatic nitrogens is 2. The topological polar surface area (TPSA) is 75.5 Å². The Morgan fingerprint density at radius 2 is 1.66 bits per heavy atom. The molecule has 0 atom stereocenters. The number of thiazole rings is 1. The van der Waals surface area contributed by atoms with Crippen molar-refractivity contribution in [2.45, 2.75) is 52.1 Å². The average Bonchev–Trinajstić information content (AvgIpc) is 3.58. The molecule has 0 radical (unpaired) electrons. The van der Waals surface area contributed by atoms with Crippen molar-refractivity contribution in [2.24, 2.45) is 0 Å². The molecule has 1 aliphatic rings. The van der Waals surface area contributed by atoms with Gasteiger partial charge < -0.3 is 14.4 Å². The van der Waals surface area contributed by atoms with Crippen LogP contribution in [0.4, 0.5) is 0 Å². The van der Waals surface area contributed by atoms with Gasteiger partial charge in [0.1, 0.15) is 16.1 Å². The van der Waals surface area contributed by atoms with E-state index in [2.05, 4.69) is 4.98 Å².